The highest BCUT2D eigenvalue weighted by Crippen LogP contribution is 2.29. The summed E-state index contributed by atoms with van der Waals surface area (Å²) in [5.41, 5.74) is 6.17. The van der Waals surface area contributed by atoms with Gasteiger partial charge in [-0.15, -0.1) is 0 Å². The van der Waals surface area contributed by atoms with Crippen molar-refractivity contribution in [1.82, 2.24) is 15.3 Å². The highest BCUT2D eigenvalue weighted by Gasteiger charge is 2.22. The normalized spacial score (nSPS) is 13.6. The summed E-state index contributed by atoms with van der Waals surface area (Å²) < 4.78 is 5.62. The van der Waals surface area contributed by atoms with E-state index in [1.165, 1.54) is 5.56 Å². The molecule has 0 radical (unpaired) electrons. The number of ether oxygens (including phenoxy) is 1. The number of fused-ring (bicyclic) bond motifs is 1. The fourth-order valence-corrected chi connectivity index (χ4v) is 3.72. The van der Waals surface area contributed by atoms with E-state index in [-0.39, 0.29) is 11.9 Å². The van der Waals surface area contributed by atoms with E-state index in [1.807, 2.05) is 25.3 Å². The molecule has 29 heavy (non-hydrogen) atoms. The van der Waals surface area contributed by atoms with Crippen molar-refractivity contribution >= 4 is 5.91 Å². The summed E-state index contributed by atoms with van der Waals surface area (Å²) in [7, 11) is 0. The van der Waals surface area contributed by atoms with Crippen LogP contribution in [-0.2, 0) is 19.3 Å². The number of H-pyrrole nitrogens is 1. The molecule has 0 aliphatic carbocycles. The Morgan fingerprint density at radius 1 is 1.24 bits per heavy atom. The molecule has 0 fully saturated rings. The van der Waals surface area contributed by atoms with Crippen molar-refractivity contribution in [3.05, 3.63) is 81.9 Å². The number of carbonyl (C=O) groups excluding carboxylic acids is 1. The summed E-state index contributed by atoms with van der Waals surface area (Å²) in [6.07, 6.45) is 4.25. The number of benzene rings is 2. The lowest BCUT2D eigenvalue weighted by Crippen LogP contribution is -2.31. The van der Waals surface area contributed by atoms with Crippen LogP contribution < -0.4 is 10.1 Å². The second-order valence-corrected chi connectivity index (χ2v) is 7.74. The topological polar surface area (TPSA) is 67.0 Å². The number of carbonyl (C=O) groups is 1. The van der Waals surface area contributed by atoms with Gasteiger partial charge in [0.2, 0.25) is 0 Å². The first-order valence-corrected chi connectivity index (χ1v) is 10.2. The maximum absolute atomic E-state index is 13.2. The summed E-state index contributed by atoms with van der Waals surface area (Å²) in [6.45, 7) is 6.79. The second-order valence-electron chi connectivity index (χ2n) is 7.74. The predicted octanol–water partition coefficient (Wildman–Crippen LogP) is 4.24. The molecule has 1 atom stereocenters. The van der Waals surface area contributed by atoms with Gasteiger partial charge in [-0.25, -0.2) is 4.98 Å². The van der Waals surface area contributed by atoms with Gasteiger partial charge in [0.25, 0.3) is 5.91 Å². The molecule has 1 aliphatic rings. The maximum atomic E-state index is 13.2. The molecule has 4 rings (SSSR count). The van der Waals surface area contributed by atoms with Gasteiger partial charge < -0.3 is 15.0 Å². The summed E-state index contributed by atoms with van der Waals surface area (Å²) in [5, 5.41) is 3.21. The van der Waals surface area contributed by atoms with Crippen LogP contribution >= 0.6 is 0 Å². The zero-order valence-corrected chi connectivity index (χ0v) is 17.2. The third kappa shape index (κ3) is 4.19. The maximum Gasteiger partial charge on any atom is 0.252 e. The number of nitrogens with one attached hydrogen (secondary N) is 2. The molecule has 1 aromatic heterocycles. The molecule has 1 aliphatic heterocycles. The Morgan fingerprint density at radius 3 is 2.76 bits per heavy atom. The lowest BCUT2D eigenvalue weighted by molar-refractivity contribution is 0.0934. The van der Waals surface area contributed by atoms with Crippen LogP contribution in [0.2, 0.25) is 0 Å². The number of nitrogens with zero attached hydrogens (tertiary/aromatic N) is 1. The van der Waals surface area contributed by atoms with Crippen LogP contribution in [0.1, 0.15) is 57.1 Å². The molecular weight excluding hydrogens is 362 g/mol. The Hall–Kier alpha value is -3.08. The number of aromatic nitrogens is 2. The number of aryl methyl sites for hydroxylation is 3. The first-order valence-electron chi connectivity index (χ1n) is 10.2. The number of imidazole rings is 1. The molecule has 3 aromatic rings. The van der Waals surface area contributed by atoms with Crippen molar-refractivity contribution in [2.75, 3.05) is 6.61 Å². The smallest absolute Gasteiger partial charge is 0.252 e. The van der Waals surface area contributed by atoms with Crippen LogP contribution in [-0.4, -0.2) is 22.5 Å². The molecule has 5 heteroatoms. The quantitative estimate of drug-likeness (QED) is 0.663. The first-order chi connectivity index (χ1) is 14.0. The van der Waals surface area contributed by atoms with Crippen molar-refractivity contribution in [3.8, 4) is 5.75 Å². The van der Waals surface area contributed by atoms with Gasteiger partial charge in [-0.2, -0.15) is 0 Å². The van der Waals surface area contributed by atoms with Gasteiger partial charge in [0.05, 0.1) is 12.6 Å². The number of aromatic amines is 1. The predicted molar refractivity (Wildman–Crippen MR) is 113 cm³/mol. The minimum atomic E-state index is -0.227. The van der Waals surface area contributed by atoms with Crippen molar-refractivity contribution in [2.24, 2.45) is 0 Å². The molecule has 2 N–H and O–H groups in total. The highest BCUT2D eigenvalue weighted by atomic mass is 16.5. The van der Waals surface area contributed by atoms with Gasteiger partial charge in [0.15, 0.2) is 0 Å². The molecule has 0 unspecified atom stereocenters. The minimum absolute atomic E-state index is 0.0799. The van der Waals surface area contributed by atoms with Gasteiger partial charge in [-0.1, -0.05) is 36.8 Å². The first kappa shape index (κ1) is 19.2. The van der Waals surface area contributed by atoms with Gasteiger partial charge in [0.1, 0.15) is 11.6 Å². The Bertz CT molecular complexity index is 1020. The van der Waals surface area contributed by atoms with Crippen molar-refractivity contribution in [1.29, 1.82) is 0 Å². The van der Waals surface area contributed by atoms with E-state index in [2.05, 4.69) is 53.4 Å². The lowest BCUT2D eigenvalue weighted by atomic mass is 10.0. The Labute approximate surface area is 171 Å². The van der Waals surface area contributed by atoms with Crippen molar-refractivity contribution < 1.29 is 9.53 Å². The highest BCUT2D eigenvalue weighted by molar-refractivity contribution is 5.96. The van der Waals surface area contributed by atoms with Gasteiger partial charge in [0, 0.05) is 23.9 Å². The summed E-state index contributed by atoms with van der Waals surface area (Å²) in [5.74, 6) is 1.61. The Kier molecular flexibility index (Phi) is 5.38. The molecular formula is C24H27N3O2. The lowest BCUT2D eigenvalue weighted by Gasteiger charge is -2.18. The summed E-state index contributed by atoms with van der Waals surface area (Å²) in [6, 6.07) is 12.1. The largest absolute Gasteiger partial charge is 0.493 e. The third-order valence-corrected chi connectivity index (χ3v) is 5.51. The fraction of sp³-hybridized carbons (Fsp3) is 0.333. The van der Waals surface area contributed by atoms with E-state index in [1.54, 1.807) is 0 Å². The van der Waals surface area contributed by atoms with Crippen molar-refractivity contribution in [3.63, 3.8) is 0 Å². The average Bonchev–Trinajstić information content (AvgIpc) is 3.37. The van der Waals surface area contributed by atoms with E-state index >= 15 is 0 Å². The number of rotatable bonds is 6. The monoisotopic (exact) mass is 389 g/mol. The van der Waals surface area contributed by atoms with E-state index in [0.717, 1.165) is 46.8 Å². The fourth-order valence-electron chi connectivity index (χ4n) is 3.72. The van der Waals surface area contributed by atoms with Crippen LogP contribution in [0, 0.1) is 13.8 Å². The van der Waals surface area contributed by atoms with Crippen LogP contribution in [0.15, 0.2) is 42.6 Å². The van der Waals surface area contributed by atoms with E-state index < -0.39 is 0 Å². The molecule has 5 nitrogen and oxygen atoms in total. The second kappa shape index (κ2) is 8.11. The summed E-state index contributed by atoms with van der Waals surface area (Å²) >= 11 is 0. The average molecular weight is 389 g/mol. The summed E-state index contributed by atoms with van der Waals surface area (Å²) in [4.78, 5) is 21.1. The molecule has 0 saturated heterocycles. The molecule has 0 saturated carbocycles. The Morgan fingerprint density at radius 2 is 2.03 bits per heavy atom. The van der Waals surface area contributed by atoms with Crippen molar-refractivity contribution in [2.45, 2.75) is 46.1 Å². The zero-order valence-electron chi connectivity index (χ0n) is 17.2. The van der Waals surface area contributed by atoms with Gasteiger partial charge >= 0.3 is 0 Å². The molecule has 1 amide bonds. The van der Waals surface area contributed by atoms with E-state index in [0.29, 0.717) is 18.6 Å². The van der Waals surface area contributed by atoms with E-state index in [9.17, 15) is 4.79 Å². The third-order valence-electron chi connectivity index (χ3n) is 5.51. The zero-order chi connectivity index (χ0) is 20.4. The van der Waals surface area contributed by atoms with Crippen LogP contribution in [0.5, 0.6) is 5.75 Å². The molecule has 0 bridgehead atoms. The standard InChI is InChI=1S/C24H27N3O2/c1-4-19-14-25-23(26-19)21(12-17-7-5-15(2)6-8-17)27-24(28)20-13-18-9-10-29-22(18)11-16(20)3/h5-8,11,13-14,21H,4,9-10,12H2,1-3H3,(H,25,26)(H,27,28)/t21-/m0/s1. The van der Waals surface area contributed by atoms with Crippen LogP contribution in [0.3, 0.4) is 0 Å². The van der Waals surface area contributed by atoms with Crippen LogP contribution in [0.25, 0.3) is 0 Å². The van der Waals surface area contributed by atoms with Gasteiger partial charge in [-0.3, -0.25) is 4.79 Å². The minimum Gasteiger partial charge on any atom is -0.493 e. The van der Waals surface area contributed by atoms with Crippen LogP contribution in [0.4, 0.5) is 0 Å². The molecule has 0 spiro atoms. The van der Waals surface area contributed by atoms with Gasteiger partial charge in [-0.05, 0) is 55.5 Å². The molecule has 150 valence electrons. The molecule has 2 aromatic carbocycles. The number of amides is 1. The number of hydrogen-bond donors (Lipinski definition) is 2. The number of hydrogen-bond acceptors (Lipinski definition) is 3. The molecule has 2 heterocycles. The SMILES string of the molecule is CCc1cnc([C@H](Cc2ccc(C)cc2)NC(=O)c2cc3c(cc2C)OCC3)[nH]1. The van der Waals surface area contributed by atoms with E-state index in [4.69, 9.17) is 4.74 Å². The Balaban J connectivity index is 1.60.